The average molecular weight is 365 g/mol. The van der Waals surface area contributed by atoms with Gasteiger partial charge in [-0.25, -0.2) is 10.2 Å². The van der Waals surface area contributed by atoms with Gasteiger partial charge in [0.1, 0.15) is 5.92 Å². The molecule has 0 aromatic heterocycles. The van der Waals surface area contributed by atoms with Gasteiger partial charge in [-0.05, 0) is 23.3 Å². The Hall–Kier alpha value is -3.48. The number of hydrogen-bond donors (Lipinski definition) is 2. The molecule has 7 nitrogen and oxygen atoms in total. The average Bonchev–Trinajstić information content (AvgIpc) is 3.10. The van der Waals surface area contributed by atoms with E-state index in [-0.39, 0.29) is 11.8 Å². The van der Waals surface area contributed by atoms with E-state index in [9.17, 15) is 14.4 Å². The van der Waals surface area contributed by atoms with Crippen molar-refractivity contribution in [3.63, 3.8) is 0 Å². The van der Waals surface area contributed by atoms with Crippen molar-refractivity contribution in [1.82, 2.24) is 10.7 Å². The molecule has 0 aliphatic carbocycles. The van der Waals surface area contributed by atoms with Crippen molar-refractivity contribution in [3.8, 4) is 0 Å². The van der Waals surface area contributed by atoms with Crippen LogP contribution in [0.4, 0.5) is 0 Å². The number of nitrogens with one attached hydrogen (secondary N) is 2. The molecule has 1 fully saturated rings. The summed E-state index contributed by atoms with van der Waals surface area (Å²) in [5.74, 6) is -2.24. The molecule has 2 aromatic carbocycles. The molecule has 0 saturated carbocycles. The number of esters is 1. The zero-order valence-electron chi connectivity index (χ0n) is 14.7. The quantitative estimate of drug-likeness (QED) is 0.363. The third-order valence-corrected chi connectivity index (χ3v) is 4.41. The molecule has 0 radical (unpaired) electrons. The topological polar surface area (TPSA) is 96.9 Å². The highest BCUT2D eigenvalue weighted by Crippen LogP contribution is 2.28. The molecule has 1 heterocycles. The second-order valence-electron chi connectivity index (χ2n) is 6.09. The number of hydrazone groups is 1. The summed E-state index contributed by atoms with van der Waals surface area (Å²) in [6.07, 6.45) is 1.45. The van der Waals surface area contributed by atoms with Crippen LogP contribution in [0.25, 0.3) is 0 Å². The maximum absolute atomic E-state index is 12.5. The lowest BCUT2D eigenvalue weighted by Gasteiger charge is -2.15. The molecule has 0 bridgehead atoms. The largest absolute Gasteiger partial charge is 0.465 e. The first-order valence-electron chi connectivity index (χ1n) is 8.44. The predicted octanol–water partition coefficient (Wildman–Crippen LogP) is 1.45. The highest BCUT2D eigenvalue weighted by molar-refractivity contribution is 6.03. The number of nitrogens with zero attached hydrogens (tertiary/aromatic N) is 1. The Bertz CT molecular complexity index is 863. The second kappa shape index (κ2) is 8.27. The van der Waals surface area contributed by atoms with E-state index in [1.54, 1.807) is 24.3 Å². The fraction of sp³-hybridized carbons (Fsp3) is 0.200. The van der Waals surface area contributed by atoms with Crippen molar-refractivity contribution >= 4 is 24.0 Å². The summed E-state index contributed by atoms with van der Waals surface area (Å²) >= 11 is 0. The van der Waals surface area contributed by atoms with Gasteiger partial charge in [-0.3, -0.25) is 9.59 Å². The molecule has 0 unspecified atom stereocenters. The van der Waals surface area contributed by atoms with E-state index >= 15 is 0 Å². The molecule has 1 saturated heterocycles. The van der Waals surface area contributed by atoms with Crippen molar-refractivity contribution < 1.29 is 19.1 Å². The first-order valence-corrected chi connectivity index (χ1v) is 8.44. The van der Waals surface area contributed by atoms with Crippen molar-refractivity contribution in [2.75, 3.05) is 13.7 Å². The minimum Gasteiger partial charge on any atom is -0.465 e. The van der Waals surface area contributed by atoms with Crippen molar-refractivity contribution in [1.29, 1.82) is 0 Å². The third-order valence-electron chi connectivity index (χ3n) is 4.41. The van der Waals surface area contributed by atoms with Gasteiger partial charge >= 0.3 is 5.97 Å². The van der Waals surface area contributed by atoms with Gasteiger partial charge in [0.05, 0.1) is 18.9 Å². The fourth-order valence-electron chi connectivity index (χ4n) is 3.00. The summed E-state index contributed by atoms with van der Waals surface area (Å²) in [5.41, 5.74) is 4.48. The van der Waals surface area contributed by atoms with Crippen molar-refractivity contribution in [2.45, 2.75) is 5.92 Å². The Morgan fingerprint density at radius 3 is 2.52 bits per heavy atom. The van der Waals surface area contributed by atoms with Crippen LogP contribution in [0.15, 0.2) is 59.7 Å². The van der Waals surface area contributed by atoms with Gasteiger partial charge in [0.2, 0.25) is 5.91 Å². The van der Waals surface area contributed by atoms with E-state index in [0.717, 1.165) is 5.56 Å². The monoisotopic (exact) mass is 365 g/mol. The Labute approximate surface area is 156 Å². The van der Waals surface area contributed by atoms with Crippen LogP contribution in [-0.2, 0) is 14.3 Å². The van der Waals surface area contributed by atoms with Crippen LogP contribution in [0, 0.1) is 5.92 Å². The highest BCUT2D eigenvalue weighted by Gasteiger charge is 2.40. The standard InChI is InChI=1S/C20H19N3O4/c1-27-20(26)15-9-7-13(8-10-15)11-22-23-19(25)17-16(12-21-18(17)24)14-5-3-2-4-6-14/h2-11,16-17H,12H2,1H3,(H,21,24)(H,23,25)/t16-,17-/m1/s1. The summed E-state index contributed by atoms with van der Waals surface area (Å²) in [5, 5.41) is 6.66. The SMILES string of the molecule is COC(=O)c1ccc(C=NNC(=O)[C@H]2C(=O)NC[C@@H]2c2ccccc2)cc1. The van der Waals surface area contributed by atoms with Gasteiger partial charge in [0.25, 0.3) is 5.91 Å². The molecule has 2 N–H and O–H groups in total. The molecule has 2 atom stereocenters. The summed E-state index contributed by atoms with van der Waals surface area (Å²) in [7, 11) is 1.31. The number of amides is 2. The van der Waals surface area contributed by atoms with Crippen LogP contribution >= 0.6 is 0 Å². The van der Waals surface area contributed by atoms with Crippen LogP contribution in [0.2, 0.25) is 0 Å². The van der Waals surface area contributed by atoms with Crippen LogP contribution < -0.4 is 10.7 Å². The minimum atomic E-state index is -0.828. The van der Waals surface area contributed by atoms with E-state index in [2.05, 4.69) is 20.6 Å². The zero-order chi connectivity index (χ0) is 19.2. The van der Waals surface area contributed by atoms with E-state index in [4.69, 9.17) is 0 Å². The molecule has 2 aromatic rings. The molecule has 7 heteroatoms. The van der Waals surface area contributed by atoms with Crippen molar-refractivity contribution in [3.05, 3.63) is 71.3 Å². The normalized spacial score (nSPS) is 18.9. The summed E-state index contributed by atoms with van der Waals surface area (Å²) in [4.78, 5) is 36.0. The third kappa shape index (κ3) is 4.20. The van der Waals surface area contributed by atoms with Gasteiger partial charge in [-0.2, -0.15) is 5.10 Å². The smallest absolute Gasteiger partial charge is 0.337 e. The lowest BCUT2D eigenvalue weighted by molar-refractivity contribution is -0.133. The number of carbonyl (C=O) groups is 3. The molecular formula is C20H19N3O4. The van der Waals surface area contributed by atoms with Gasteiger partial charge in [0, 0.05) is 12.5 Å². The summed E-state index contributed by atoms with van der Waals surface area (Å²) in [6.45, 7) is 0.416. The molecule has 0 spiro atoms. The molecule has 2 amide bonds. The van der Waals surface area contributed by atoms with Crippen LogP contribution in [-0.4, -0.2) is 37.7 Å². The molecule has 1 aliphatic heterocycles. The minimum absolute atomic E-state index is 0.228. The predicted molar refractivity (Wildman–Crippen MR) is 99.2 cm³/mol. The van der Waals surface area contributed by atoms with Crippen LogP contribution in [0.3, 0.4) is 0 Å². The van der Waals surface area contributed by atoms with E-state index in [1.807, 2.05) is 30.3 Å². The van der Waals surface area contributed by atoms with E-state index in [1.165, 1.54) is 13.3 Å². The second-order valence-corrected chi connectivity index (χ2v) is 6.09. The summed E-state index contributed by atoms with van der Waals surface area (Å²) < 4.78 is 4.63. The first-order chi connectivity index (χ1) is 13.1. The van der Waals surface area contributed by atoms with Crippen molar-refractivity contribution in [2.24, 2.45) is 11.0 Å². The Kier molecular flexibility index (Phi) is 5.61. The maximum atomic E-state index is 12.5. The highest BCUT2D eigenvalue weighted by atomic mass is 16.5. The molecule has 138 valence electrons. The Balaban J connectivity index is 1.65. The number of methoxy groups -OCH3 is 1. The fourth-order valence-corrected chi connectivity index (χ4v) is 3.00. The lowest BCUT2D eigenvalue weighted by atomic mass is 9.88. The Morgan fingerprint density at radius 2 is 1.85 bits per heavy atom. The molecule has 27 heavy (non-hydrogen) atoms. The number of benzene rings is 2. The number of ether oxygens (including phenoxy) is 1. The number of carbonyl (C=O) groups excluding carboxylic acids is 3. The van der Waals surface area contributed by atoms with E-state index < -0.39 is 17.8 Å². The summed E-state index contributed by atoms with van der Waals surface area (Å²) in [6, 6.07) is 16.0. The lowest BCUT2D eigenvalue weighted by Crippen LogP contribution is -2.34. The molecular weight excluding hydrogens is 346 g/mol. The van der Waals surface area contributed by atoms with Gasteiger partial charge in [0.15, 0.2) is 0 Å². The molecule has 1 aliphatic rings. The van der Waals surface area contributed by atoms with Gasteiger partial charge < -0.3 is 10.1 Å². The molecule has 3 rings (SSSR count). The van der Waals surface area contributed by atoms with Gasteiger partial charge in [-0.15, -0.1) is 0 Å². The van der Waals surface area contributed by atoms with Crippen LogP contribution in [0.1, 0.15) is 27.4 Å². The number of hydrogen-bond acceptors (Lipinski definition) is 5. The Morgan fingerprint density at radius 1 is 1.15 bits per heavy atom. The zero-order valence-corrected chi connectivity index (χ0v) is 14.7. The maximum Gasteiger partial charge on any atom is 0.337 e. The first kappa shape index (κ1) is 18.3. The van der Waals surface area contributed by atoms with E-state index in [0.29, 0.717) is 17.7 Å². The number of rotatable bonds is 5. The van der Waals surface area contributed by atoms with Crippen LogP contribution in [0.5, 0.6) is 0 Å². The van der Waals surface area contributed by atoms with Gasteiger partial charge in [-0.1, -0.05) is 42.5 Å².